The van der Waals surface area contributed by atoms with E-state index in [-0.39, 0.29) is 0 Å². The van der Waals surface area contributed by atoms with Crippen LogP contribution in [0.4, 0.5) is 5.82 Å². The van der Waals surface area contributed by atoms with Crippen LogP contribution in [-0.2, 0) is 13.1 Å². The van der Waals surface area contributed by atoms with Gasteiger partial charge in [0, 0.05) is 40.8 Å². The Morgan fingerprint density at radius 1 is 1.21 bits per heavy atom. The van der Waals surface area contributed by atoms with E-state index < -0.39 is 0 Å². The number of pyridine rings is 1. The Labute approximate surface area is 130 Å². The smallest absolute Gasteiger partial charge is 0.133 e. The molecule has 1 aromatic carbocycles. The molecule has 0 radical (unpaired) electrons. The Bertz CT molecular complexity index is 572. The van der Waals surface area contributed by atoms with Gasteiger partial charge in [0.15, 0.2) is 0 Å². The molecule has 0 spiro atoms. The highest BCUT2D eigenvalue weighted by atomic mass is 79.9. The lowest BCUT2D eigenvalue weighted by Crippen LogP contribution is -2.20. The van der Waals surface area contributed by atoms with Crippen LogP contribution in [0.5, 0.6) is 0 Å². The highest BCUT2D eigenvalue weighted by molar-refractivity contribution is 9.10. The number of benzene rings is 1. The number of halogens is 2. The zero-order valence-corrected chi connectivity index (χ0v) is 13.8. The summed E-state index contributed by atoms with van der Waals surface area (Å²) in [5.41, 5.74) is 8.04. The van der Waals surface area contributed by atoms with E-state index in [1.807, 2.05) is 25.2 Å². The molecule has 1 heterocycles. The van der Waals surface area contributed by atoms with Crippen LogP contribution >= 0.6 is 31.9 Å². The summed E-state index contributed by atoms with van der Waals surface area (Å²) < 4.78 is 2.04. The molecule has 0 bridgehead atoms. The number of nitrogens with two attached hydrogens (primary N) is 1. The Balaban J connectivity index is 2.22. The van der Waals surface area contributed by atoms with Crippen molar-refractivity contribution in [2.75, 3.05) is 11.9 Å². The van der Waals surface area contributed by atoms with Crippen LogP contribution in [0.15, 0.2) is 45.5 Å². The normalized spacial score (nSPS) is 10.5. The average Bonchev–Trinajstić information content (AvgIpc) is 2.38. The SMILES string of the molecule is CN(Cc1cccc(Br)c1)c1ncc(Br)cc1CN. The number of rotatable bonds is 4. The van der Waals surface area contributed by atoms with E-state index in [9.17, 15) is 0 Å². The van der Waals surface area contributed by atoms with Gasteiger partial charge in [0.2, 0.25) is 0 Å². The summed E-state index contributed by atoms with van der Waals surface area (Å²) in [5.74, 6) is 0.922. The van der Waals surface area contributed by atoms with Crippen molar-refractivity contribution in [3.05, 3.63) is 56.6 Å². The van der Waals surface area contributed by atoms with E-state index in [4.69, 9.17) is 5.73 Å². The van der Waals surface area contributed by atoms with Crippen molar-refractivity contribution in [1.82, 2.24) is 4.98 Å². The average molecular weight is 385 g/mol. The van der Waals surface area contributed by atoms with Crippen LogP contribution in [0.2, 0.25) is 0 Å². The van der Waals surface area contributed by atoms with Crippen LogP contribution < -0.4 is 10.6 Å². The zero-order chi connectivity index (χ0) is 13.8. The Morgan fingerprint density at radius 2 is 2.00 bits per heavy atom. The minimum atomic E-state index is 0.477. The molecule has 0 aliphatic carbocycles. The van der Waals surface area contributed by atoms with E-state index in [0.29, 0.717) is 6.54 Å². The maximum atomic E-state index is 5.78. The molecule has 2 aromatic rings. The van der Waals surface area contributed by atoms with E-state index in [2.05, 4.69) is 53.9 Å². The maximum absolute atomic E-state index is 5.78. The summed E-state index contributed by atoms with van der Waals surface area (Å²) in [7, 11) is 2.02. The topological polar surface area (TPSA) is 42.2 Å². The second kappa shape index (κ2) is 6.50. The third kappa shape index (κ3) is 3.78. The van der Waals surface area contributed by atoms with Crippen molar-refractivity contribution in [3.63, 3.8) is 0 Å². The van der Waals surface area contributed by atoms with Gasteiger partial charge in [-0.25, -0.2) is 4.98 Å². The number of nitrogens with zero attached hydrogens (tertiary/aromatic N) is 2. The van der Waals surface area contributed by atoms with Gasteiger partial charge in [0.05, 0.1) is 0 Å². The predicted octanol–water partition coefficient (Wildman–Crippen LogP) is 3.70. The Morgan fingerprint density at radius 3 is 2.68 bits per heavy atom. The molecule has 5 heteroatoms. The Hall–Kier alpha value is -0.910. The zero-order valence-electron chi connectivity index (χ0n) is 10.6. The van der Waals surface area contributed by atoms with Gasteiger partial charge in [-0.15, -0.1) is 0 Å². The van der Waals surface area contributed by atoms with Crippen LogP contribution in [-0.4, -0.2) is 12.0 Å². The lowest BCUT2D eigenvalue weighted by Gasteiger charge is -2.21. The quantitative estimate of drug-likeness (QED) is 0.873. The number of anilines is 1. The first-order valence-corrected chi connectivity index (χ1v) is 7.49. The van der Waals surface area contributed by atoms with Crippen molar-refractivity contribution in [3.8, 4) is 0 Å². The molecule has 0 aliphatic heterocycles. The Kier molecular flexibility index (Phi) is 4.96. The molecule has 0 saturated carbocycles. The third-order valence-corrected chi connectivity index (χ3v) is 3.73. The highest BCUT2D eigenvalue weighted by Crippen LogP contribution is 2.22. The molecule has 0 fully saturated rings. The number of aromatic nitrogens is 1. The number of hydrogen-bond acceptors (Lipinski definition) is 3. The van der Waals surface area contributed by atoms with E-state index in [1.54, 1.807) is 6.20 Å². The van der Waals surface area contributed by atoms with Gasteiger partial charge >= 0.3 is 0 Å². The van der Waals surface area contributed by atoms with Gasteiger partial charge in [-0.2, -0.15) is 0 Å². The van der Waals surface area contributed by atoms with Gasteiger partial charge in [-0.3, -0.25) is 0 Å². The van der Waals surface area contributed by atoms with Crippen LogP contribution in [0.3, 0.4) is 0 Å². The molecule has 3 nitrogen and oxygen atoms in total. The van der Waals surface area contributed by atoms with Gasteiger partial charge in [0.25, 0.3) is 0 Å². The molecule has 19 heavy (non-hydrogen) atoms. The minimum Gasteiger partial charge on any atom is -0.355 e. The van der Waals surface area contributed by atoms with Gasteiger partial charge in [0.1, 0.15) is 5.82 Å². The van der Waals surface area contributed by atoms with Gasteiger partial charge in [-0.1, -0.05) is 28.1 Å². The van der Waals surface area contributed by atoms with Crippen LogP contribution in [0, 0.1) is 0 Å². The predicted molar refractivity (Wildman–Crippen MR) is 86.1 cm³/mol. The van der Waals surface area contributed by atoms with E-state index >= 15 is 0 Å². The van der Waals surface area contributed by atoms with Gasteiger partial charge < -0.3 is 10.6 Å². The largest absolute Gasteiger partial charge is 0.355 e. The van der Waals surface area contributed by atoms with Crippen molar-refractivity contribution in [2.24, 2.45) is 5.73 Å². The molecular weight excluding hydrogens is 370 g/mol. The fourth-order valence-corrected chi connectivity index (χ4v) is 2.78. The second-order valence-corrected chi connectivity index (χ2v) is 6.16. The first-order valence-electron chi connectivity index (χ1n) is 5.90. The molecular formula is C14H15Br2N3. The van der Waals surface area contributed by atoms with Crippen molar-refractivity contribution < 1.29 is 0 Å². The molecule has 0 aliphatic rings. The molecule has 0 saturated heterocycles. The fourth-order valence-electron chi connectivity index (χ4n) is 1.95. The minimum absolute atomic E-state index is 0.477. The summed E-state index contributed by atoms with van der Waals surface area (Å²) in [5, 5.41) is 0. The standard InChI is InChI=1S/C14H15Br2N3/c1-19(9-10-3-2-4-12(15)5-10)14-11(7-17)6-13(16)8-18-14/h2-6,8H,7,9,17H2,1H3. The highest BCUT2D eigenvalue weighted by Gasteiger charge is 2.09. The first kappa shape index (κ1) is 14.5. The lowest BCUT2D eigenvalue weighted by molar-refractivity contribution is 0.874. The van der Waals surface area contributed by atoms with Crippen molar-refractivity contribution in [1.29, 1.82) is 0 Å². The fraction of sp³-hybridized carbons (Fsp3) is 0.214. The number of hydrogen-bond donors (Lipinski definition) is 1. The molecule has 100 valence electrons. The van der Waals surface area contributed by atoms with Crippen LogP contribution in [0.1, 0.15) is 11.1 Å². The second-order valence-electron chi connectivity index (χ2n) is 4.33. The molecule has 0 amide bonds. The summed E-state index contributed by atoms with van der Waals surface area (Å²) >= 11 is 6.91. The lowest BCUT2D eigenvalue weighted by atomic mass is 10.2. The summed E-state index contributed by atoms with van der Waals surface area (Å²) in [6.45, 7) is 1.27. The maximum Gasteiger partial charge on any atom is 0.133 e. The summed E-state index contributed by atoms with van der Waals surface area (Å²) in [6, 6.07) is 10.3. The summed E-state index contributed by atoms with van der Waals surface area (Å²) in [4.78, 5) is 6.56. The molecule has 2 N–H and O–H groups in total. The van der Waals surface area contributed by atoms with Crippen molar-refractivity contribution in [2.45, 2.75) is 13.1 Å². The summed E-state index contributed by atoms with van der Waals surface area (Å²) in [6.07, 6.45) is 1.80. The van der Waals surface area contributed by atoms with E-state index in [0.717, 1.165) is 26.9 Å². The van der Waals surface area contributed by atoms with Gasteiger partial charge in [-0.05, 0) is 39.7 Å². The third-order valence-electron chi connectivity index (χ3n) is 2.80. The monoisotopic (exact) mass is 383 g/mol. The molecule has 1 aromatic heterocycles. The molecule has 0 atom stereocenters. The van der Waals surface area contributed by atoms with Crippen molar-refractivity contribution >= 4 is 37.7 Å². The van der Waals surface area contributed by atoms with E-state index in [1.165, 1.54) is 5.56 Å². The first-order chi connectivity index (χ1) is 9.10. The molecule has 0 unspecified atom stereocenters. The van der Waals surface area contributed by atoms with Crippen LogP contribution in [0.25, 0.3) is 0 Å². The molecule has 2 rings (SSSR count).